The molecule has 0 amide bonds. The fourth-order valence-electron chi connectivity index (χ4n) is 2.55. The zero-order valence-electron chi connectivity index (χ0n) is 12.0. The third kappa shape index (κ3) is 4.39. The molecule has 0 aliphatic rings. The lowest BCUT2D eigenvalue weighted by atomic mass is 9.95. The van der Waals surface area contributed by atoms with Gasteiger partial charge in [0, 0.05) is 25.3 Å². The van der Waals surface area contributed by atoms with Crippen molar-refractivity contribution in [1.82, 2.24) is 9.88 Å². The van der Waals surface area contributed by atoms with Crippen LogP contribution in [0.3, 0.4) is 0 Å². The Morgan fingerprint density at radius 2 is 2.11 bits per heavy atom. The van der Waals surface area contributed by atoms with Crippen molar-refractivity contribution in [3.63, 3.8) is 0 Å². The van der Waals surface area contributed by atoms with E-state index in [-0.39, 0.29) is 0 Å². The predicted octanol–water partition coefficient (Wildman–Crippen LogP) is 2.67. The fourth-order valence-corrected chi connectivity index (χ4v) is 2.55. The number of pyridine rings is 1. The summed E-state index contributed by atoms with van der Waals surface area (Å²) in [6, 6.07) is 6.54. The standard InChI is InChI=1S/C15H27N3/c1-4-8-13(3)15(11-16)18(5-2)12-14-9-6-7-10-17-14/h6-7,9-10,13,15H,4-5,8,11-12,16H2,1-3H3. The molecule has 1 heterocycles. The molecule has 0 fully saturated rings. The second-order valence-electron chi connectivity index (χ2n) is 4.95. The van der Waals surface area contributed by atoms with Crippen molar-refractivity contribution in [2.24, 2.45) is 11.7 Å². The Morgan fingerprint density at radius 3 is 2.61 bits per heavy atom. The van der Waals surface area contributed by atoms with E-state index < -0.39 is 0 Å². The van der Waals surface area contributed by atoms with Crippen molar-refractivity contribution in [2.45, 2.75) is 46.2 Å². The maximum atomic E-state index is 5.97. The SMILES string of the molecule is CCCC(C)C(CN)N(CC)Cc1ccccn1. The fraction of sp³-hybridized carbons (Fsp3) is 0.667. The third-order valence-electron chi connectivity index (χ3n) is 3.61. The maximum absolute atomic E-state index is 5.97. The Labute approximate surface area is 111 Å². The maximum Gasteiger partial charge on any atom is 0.0544 e. The van der Waals surface area contributed by atoms with E-state index in [0.717, 1.165) is 25.3 Å². The first-order chi connectivity index (χ1) is 8.72. The molecule has 0 aliphatic carbocycles. The highest BCUT2D eigenvalue weighted by Crippen LogP contribution is 2.17. The van der Waals surface area contributed by atoms with Crippen LogP contribution >= 0.6 is 0 Å². The first-order valence-electron chi connectivity index (χ1n) is 7.06. The highest BCUT2D eigenvalue weighted by atomic mass is 15.2. The van der Waals surface area contributed by atoms with Crippen LogP contribution in [-0.4, -0.2) is 29.0 Å². The minimum atomic E-state index is 0.456. The van der Waals surface area contributed by atoms with E-state index in [1.165, 1.54) is 12.8 Å². The summed E-state index contributed by atoms with van der Waals surface area (Å²) in [5, 5.41) is 0. The first kappa shape index (κ1) is 15.1. The predicted molar refractivity (Wildman–Crippen MR) is 77.2 cm³/mol. The normalized spacial score (nSPS) is 14.7. The molecule has 0 radical (unpaired) electrons. The van der Waals surface area contributed by atoms with Gasteiger partial charge in [-0.1, -0.05) is 33.3 Å². The summed E-state index contributed by atoms with van der Waals surface area (Å²) in [4.78, 5) is 6.85. The lowest BCUT2D eigenvalue weighted by molar-refractivity contribution is 0.145. The van der Waals surface area contributed by atoms with Crippen LogP contribution in [0.5, 0.6) is 0 Å². The van der Waals surface area contributed by atoms with Crippen molar-refractivity contribution < 1.29 is 0 Å². The van der Waals surface area contributed by atoms with Crippen LogP contribution in [0.2, 0.25) is 0 Å². The molecule has 2 N–H and O–H groups in total. The van der Waals surface area contributed by atoms with Gasteiger partial charge in [-0.3, -0.25) is 9.88 Å². The molecular formula is C15H27N3. The zero-order valence-corrected chi connectivity index (χ0v) is 12.0. The number of likely N-dealkylation sites (N-methyl/N-ethyl adjacent to an activating group) is 1. The largest absolute Gasteiger partial charge is 0.329 e. The van der Waals surface area contributed by atoms with Crippen molar-refractivity contribution in [3.05, 3.63) is 30.1 Å². The first-order valence-corrected chi connectivity index (χ1v) is 7.06. The number of rotatable bonds is 8. The Morgan fingerprint density at radius 1 is 1.33 bits per heavy atom. The minimum Gasteiger partial charge on any atom is -0.329 e. The molecular weight excluding hydrogens is 222 g/mol. The van der Waals surface area contributed by atoms with E-state index in [0.29, 0.717) is 12.0 Å². The van der Waals surface area contributed by atoms with Crippen molar-refractivity contribution >= 4 is 0 Å². The number of hydrogen-bond donors (Lipinski definition) is 1. The number of nitrogens with zero attached hydrogens (tertiary/aromatic N) is 2. The molecule has 0 saturated carbocycles. The molecule has 0 bridgehead atoms. The topological polar surface area (TPSA) is 42.1 Å². The molecule has 1 aromatic rings. The Hall–Kier alpha value is -0.930. The van der Waals surface area contributed by atoms with E-state index in [4.69, 9.17) is 5.73 Å². The summed E-state index contributed by atoms with van der Waals surface area (Å²) < 4.78 is 0. The van der Waals surface area contributed by atoms with Gasteiger partial charge in [0.15, 0.2) is 0 Å². The molecule has 1 rings (SSSR count). The molecule has 2 unspecified atom stereocenters. The summed E-state index contributed by atoms with van der Waals surface area (Å²) in [7, 11) is 0. The van der Waals surface area contributed by atoms with Gasteiger partial charge in [0.1, 0.15) is 0 Å². The molecule has 1 aromatic heterocycles. The van der Waals surface area contributed by atoms with Crippen LogP contribution in [0, 0.1) is 5.92 Å². The average Bonchev–Trinajstić information content (AvgIpc) is 2.40. The zero-order chi connectivity index (χ0) is 13.4. The molecule has 0 saturated heterocycles. The Balaban J connectivity index is 2.68. The summed E-state index contributed by atoms with van der Waals surface area (Å²) in [5.74, 6) is 0.642. The van der Waals surface area contributed by atoms with E-state index in [1.54, 1.807) is 0 Å². The van der Waals surface area contributed by atoms with Gasteiger partial charge in [0.2, 0.25) is 0 Å². The quantitative estimate of drug-likeness (QED) is 0.770. The molecule has 3 nitrogen and oxygen atoms in total. The second kappa shape index (κ2) is 8.22. The summed E-state index contributed by atoms with van der Waals surface area (Å²) in [5.41, 5.74) is 7.10. The van der Waals surface area contributed by atoms with Gasteiger partial charge in [-0.05, 0) is 31.0 Å². The molecule has 0 aliphatic heterocycles. The second-order valence-corrected chi connectivity index (χ2v) is 4.95. The molecule has 102 valence electrons. The monoisotopic (exact) mass is 249 g/mol. The van der Waals surface area contributed by atoms with Crippen LogP contribution < -0.4 is 5.73 Å². The van der Waals surface area contributed by atoms with Gasteiger partial charge in [-0.25, -0.2) is 0 Å². The van der Waals surface area contributed by atoms with E-state index in [2.05, 4.69) is 36.7 Å². The van der Waals surface area contributed by atoms with Gasteiger partial charge in [0.25, 0.3) is 0 Å². The Kier molecular flexibility index (Phi) is 6.91. The molecule has 0 aromatic carbocycles. The highest BCUT2D eigenvalue weighted by molar-refractivity contribution is 5.03. The van der Waals surface area contributed by atoms with Crippen LogP contribution in [-0.2, 0) is 6.54 Å². The van der Waals surface area contributed by atoms with Gasteiger partial charge < -0.3 is 5.73 Å². The Bertz CT molecular complexity index is 313. The van der Waals surface area contributed by atoms with E-state index in [1.807, 2.05) is 18.3 Å². The minimum absolute atomic E-state index is 0.456. The summed E-state index contributed by atoms with van der Waals surface area (Å²) in [6.07, 6.45) is 4.31. The van der Waals surface area contributed by atoms with Crippen LogP contribution in [0.25, 0.3) is 0 Å². The van der Waals surface area contributed by atoms with Crippen LogP contribution in [0.1, 0.15) is 39.3 Å². The van der Waals surface area contributed by atoms with E-state index in [9.17, 15) is 0 Å². The molecule has 2 atom stereocenters. The number of nitrogens with two attached hydrogens (primary N) is 1. The third-order valence-corrected chi connectivity index (χ3v) is 3.61. The van der Waals surface area contributed by atoms with Crippen LogP contribution in [0.4, 0.5) is 0 Å². The lowest BCUT2D eigenvalue weighted by Crippen LogP contribution is -2.44. The van der Waals surface area contributed by atoms with Crippen molar-refractivity contribution in [3.8, 4) is 0 Å². The van der Waals surface area contributed by atoms with Crippen molar-refractivity contribution in [1.29, 1.82) is 0 Å². The number of hydrogen-bond acceptors (Lipinski definition) is 3. The van der Waals surface area contributed by atoms with Crippen LogP contribution in [0.15, 0.2) is 24.4 Å². The highest BCUT2D eigenvalue weighted by Gasteiger charge is 2.21. The molecule has 18 heavy (non-hydrogen) atoms. The van der Waals surface area contributed by atoms with Crippen molar-refractivity contribution in [2.75, 3.05) is 13.1 Å². The van der Waals surface area contributed by atoms with Gasteiger partial charge in [-0.15, -0.1) is 0 Å². The summed E-state index contributed by atoms with van der Waals surface area (Å²) >= 11 is 0. The van der Waals surface area contributed by atoms with Gasteiger partial charge in [-0.2, -0.15) is 0 Å². The van der Waals surface area contributed by atoms with Gasteiger partial charge >= 0.3 is 0 Å². The molecule has 3 heteroatoms. The lowest BCUT2D eigenvalue weighted by Gasteiger charge is -2.34. The van der Waals surface area contributed by atoms with E-state index >= 15 is 0 Å². The smallest absolute Gasteiger partial charge is 0.0544 e. The van der Waals surface area contributed by atoms with Gasteiger partial charge in [0.05, 0.1) is 5.69 Å². The summed E-state index contributed by atoms with van der Waals surface area (Å²) in [6.45, 7) is 9.38. The molecule has 0 spiro atoms. The average molecular weight is 249 g/mol. The number of aromatic nitrogens is 1.